The van der Waals surface area contributed by atoms with Gasteiger partial charge in [0.15, 0.2) is 0 Å². The molecule has 0 aromatic carbocycles. The molecule has 0 atom stereocenters. The van der Waals surface area contributed by atoms with Gasteiger partial charge >= 0.3 is 25.4 Å². The maximum atomic E-state index is 9.75. The molecule has 0 aliphatic heterocycles. The quantitative estimate of drug-likeness (QED) is 0.342. The van der Waals surface area contributed by atoms with Gasteiger partial charge in [0, 0.05) is 0 Å². The number of nitrogens with one attached hydrogen (secondary N) is 1. The average molecular weight is 217 g/mol. The van der Waals surface area contributed by atoms with Crippen LogP contribution >= 0.6 is 24.8 Å². The number of aliphatic carboxylic acids is 1. The monoisotopic (exact) mass is 215 g/mol. The Morgan fingerprint density at radius 3 is 2.33 bits per heavy atom. The van der Waals surface area contributed by atoms with Gasteiger partial charge in [0.25, 0.3) is 0 Å². The van der Waals surface area contributed by atoms with Crippen molar-refractivity contribution in [2.24, 2.45) is 0 Å². The summed E-state index contributed by atoms with van der Waals surface area (Å²) in [5, 5.41) is 10.3. The number of thiol groups is 1. The van der Waals surface area contributed by atoms with E-state index < -0.39 is 5.97 Å². The summed E-state index contributed by atoms with van der Waals surface area (Å²) < 4.78 is 0.201. The van der Waals surface area contributed by atoms with Crippen LogP contribution in [0.2, 0.25) is 0 Å². The van der Waals surface area contributed by atoms with E-state index in [1.54, 1.807) is 0 Å². The first-order chi connectivity index (χ1) is 3.63. The second-order valence-electron chi connectivity index (χ2n) is 1.05. The molecule has 2 N–H and O–H groups in total. The van der Waals surface area contributed by atoms with Crippen molar-refractivity contribution in [3.05, 3.63) is 0 Å². The minimum atomic E-state index is -0.943. The molecule has 6 heteroatoms. The van der Waals surface area contributed by atoms with Crippen LogP contribution in [0.1, 0.15) is 0 Å². The van der Waals surface area contributed by atoms with Crippen LogP contribution < -0.4 is 5.32 Å². The van der Waals surface area contributed by atoms with Crippen LogP contribution in [0.4, 0.5) is 0 Å². The minimum Gasteiger partial charge on any atom is -0.480 e. The number of hydrogen-bond acceptors (Lipinski definition) is 2. The molecule has 0 aromatic rings. The Bertz CT molecular complexity index is 104. The van der Waals surface area contributed by atoms with Gasteiger partial charge in [-0.15, -0.1) is 12.6 Å². The largest absolute Gasteiger partial charge is 2.00 e. The zero-order valence-corrected chi connectivity index (χ0v) is 9.30. The molecular weight excluding hydrogens is 212 g/mol. The topological polar surface area (TPSA) is 49.3 Å². The van der Waals surface area contributed by atoms with E-state index in [2.05, 4.69) is 30.2 Å². The van der Waals surface area contributed by atoms with Gasteiger partial charge in [0.05, 0.1) is 0 Å². The Morgan fingerprint density at radius 1 is 1.78 bits per heavy atom. The molecule has 9 heavy (non-hydrogen) atoms. The van der Waals surface area contributed by atoms with Crippen LogP contribution in [0.3, 0.4) is 0 Å². The third-order valence-electron chi connectivity index (χ3n) is 0.391. The third kappa shape index (κ3) is 11.8. The molecule has 0 rings (SSSR count). The molecule has 0 spiro atoms. The summed E-state index contributed by atoms with van der Waals surface area (Å²) >= 11 is 8.03. The normalized spacial score (nSPS) is 7.22. The number of rotatable bonds is 2. The molecule has 0 aliphatic rings. The predicted molar refractivity (Wildman–Crippen MR) is 37.2 cm³/mol. The van der Waals surface area contributed by atoms with E-state index >= 15 is 0 Å². The van der Waals surface area contributed by atoms with Crippen molar-refractivity contribution in [3.8, 4) is 0 Å². The molecule has 0 saturated heterocycles. The first-order valence-electron chi connectivity index (χ1n) is 1.81. The van der Waals surface area contributed by atoms with Gasteiger partial charge in [0.1, 0.15) is 10.9 Å². The molecule has 0 aromatic heterocycles. The maximum Gasteiger partial charge on any atom is 2.00 e. The fourth-order valence-corrected chi connectivity index (χ4v) is 0.302. The van der Waals surface area contributed by atoms with E-state index in [1.165, 1.54) is 0 Å². The number of carboxylic acids is 1. The summed E-state index contributed by atoms with van der Waals surface area (Å²) in [6, 6.07) is 0. The minimum absolute atomic E-state index is 0. The van der Waals surface area contributed by atoms with Crippen molar-refractivity contribution >= 4 is 35.1 Å². The van der Waals surface area contributed by atoms with Crippen molar-refractivity contribution in [3.63, 3.8) is 0 Å². The number of carbonyl (C=O) groups is 1. The number of thiocarbonyl (C=S) groups is 1. The molecule has 0 bridgehead atoms. The second-order valence-corrected chi connectivity index (χ2v) is 2.21. The molecule has 0 heterocycles. The SMILES string of the molecule is O=C(O)CNC(=S)S.[Zn+2]. The summed E-state index contributed by atoms with van der Waals surface area (Å²) in [7, 11) is 0. The smallest absolute Gasteiger partial charge is 0.480 e. The first kappa shape index (κ1) is 12.1. The molecule has 0 saturated carbocycles. The fourth-order valence-electron chi connectivity index (χ4n) is 0.151. The van der Waals surface area contributed by atoms with Crippen LogP contribution in [-0.4, -0.2) is 21.9 Å². The van der Waals surface area contributed by atoms with Gasteiger partial charge < -0.3 is 10.4 Å². The van der Waals surface area contributed by atoms with Crippen LogP contribution in [0.15, 0.2) is 0 Å². The van der Waals surface area contributed by atoms with Gasteiger partial charge in [0.2, 0.25) is 0 Å². The zero-order chi connectivity index (χ0) is 6.57. The zero-order valence-electron chi connectivity index (χ0n) is 4.63. The van der Waals surface area contributed by atoms with E-state index in [1.807, 2.05) is 0 Å². The molecule has 3 nitrogen and oxygen atoms in total. The van der Waals surface area contributed by atoms with Gasteiger partial charge in [-0.3, -0.25) is 4.79 Å². The summed E-state index contributed by atoms with van der Waals surface area (Å²) in [5.41, 5.74) is 0. The Labute approximate surface area is 76.4 Å². The van der Waals surface area contributed by atoms with E-state index in [0.717, 1.165) is 0 Å². The Balaban J connectivity index is 0. The summed E-state index contributed by atoms with van der Waals surface area (Å²) in [5.74, 6) is -0.943. The molecule has 0 unspecified atom stereocenters. The van der Waals surface area contributed by atoms with E-state index in [9.17, 15) is 4.79 Å². The van der Waals surface area contributed by atoms with Crippen LogP contribution in [0, 0.1) is 0 Å². The van der Waals surface area contributed by atoms with Crippen LogP contribution in [-0.2, 0) is 24.3 Å². The van der Waals surface area contributed by atoms with Gasteiger partial charge in [-0.25, -0.2) is 0 Å². The van der Waals surface area contributed by atoms with Crippen molar-refractivity contribution in [2.75, 3.05) is 6.54 Å². The van der Waals surface area contributed by atoms with Crippen LogP contribution in [0.25, 0.3) is 0 Å². The Hall–Kier alpha value is 0.333. The predicted octanol–water partition coefficient (Wildman–Crippen LogP) is -0.127. The Morgan fingerprint density at radius 2 is 2.22 bits per heavy atom. The second kappa shape index (κ2) is 6.45. The van der Waals surface area contributed by atoms with Crippen molar-refractivity contribution in [1.29, 1.82) is 0 Å². The van der Waals surface area contributed by atoms with Gasteiger partial charge in [-0.2, -0.15) is 0 Å². The van der Waals surface area contributed by atoms with E-state index in [-0.39, 0.29) is 30.3 Å². The molecular formula is C3H5NO2S2Zn+2. The third-order valence-corrected chi connectivity index (χ3v) is 0.693. The van der Waals surface area contributed by atoms with Crippen molar-refractivity contribution < 1.29 is 29.4 Å². The fraction of sp³-hybridized carbons (Fsp3) is 0.333. The summed E-state index contributed by atoms with van der Waals surface area (Å²) in [6.07, 6.45) is 0. The molecule has 46 valence electrons. The average Bonchev–Trinajstić information content (AvgIpc) is 1.61. The summed E-state index contributed by atoms with van der Waals surface area (Å²) in [4.78, 5) is 9.75. The van der Waals surface area contributed by atoms with Gasteiger partial charge in [-0.05, 0) is 0 Å². The molecule has 0 amide bonds. The van der Waals surface area contributed by atoms with Crippen molar-refractivity contribution in [2.45, 2.75) is 0 Å². The van der Waals surface area contributed by atoms with Gasteiger partial charge in [-0.1, -0.05) is 12.2 Å². The molecule has 0 radical (unpaired) electrons. The Kier molecular flexibility index (Phi) is 8.64. The summed E-state index contributed by atoms with van der Waals surface area (Å²) in [6.45, 7) is -0.164. The van der Waals surface area contributed by atoms with Crippen molar-refractivity contribution in [1.82, 2.24) is 5.32 Å². The van der Waals surface area contributed by atoms with E-state index in [4.69, 9.17) is 5.11 Å². The molecule has 0 fully saturated rings. The first-order valence-corrected chi connectivity index (χ1v) is 2.67. The number of hydrogen-bond donors (Lipinski definition) is 3. The number of carboxylic acid groups (broad SMARTS) is 1. The maximum absolute atomic E-state index is 9.75. The van der Waals surface area contributed by atoms with Crippen LogP contribution in [0.5, 0.6) is 0 Å². The standard InChI is InChI=1S/C3H5NO2S2.Zn/c5-2(6)1-4-3(7)8;/h1H2,(H,5,6)(H2,4,7,8);/q;+2. The molecule has 0 aliphatic carbocycles. The van der Waals surface area contributed by atoms with E-state index in [0.29, 0.717) is 0 Å².